The highest BCUT2D eigenvalue weighted by molar-refractivity contribution is 6.30. The van der Waals surface area contributed by atoms with E-state index in [0.29, 0.717) is 12.1 Å². The number of pyridine rings is 1. The van der Waals surface area contributed by atoms with E-state index in [2.05, 4.69) is 20.4 Å². The molecule has 1 aromatic carbocycles. The zero-order valence-electron chi connectivity index (χ0n) is 15.7. The van der Waals surface area contributed by atoms with Crippen molar-refractivity contribution < 1.29 is 27.5 Å². The number of amides is 3. The second-order valence-corrected chi connectivity index (χ2v) is 6.90. The van der Waals surface area contributed by atoms with Gasteiger partial charge in [0.25, 0.3) is 0 Å². The molecule has 1 aliphatic heterocycles. The van der Waals surface area contributed by atoms with E-state index in [1.54, 1.807) is 6.92 Å². The van der Waals surface area contributed by atoms with Crippen molar-refractivity contribution in [1.29, 1.82) is 0 Å². The van der Waals surface area contributed by atoms with E-state index >= 15 is 0 Å². The van der Waals surface area contributed by atoms with Crippen LogP contribution in [0.5, 0.6) is 5.88 Å². The van der Waals surface area contributed by atoms with E-state index in [4.69, 9.17) is 11.6 Å². The summed E-state index contributed by atoms with van der Waals surface area (Å²) in [7, 11) is 0. The van der Waals surface area contributed by atoms with Crippen molar-refractivity contribution in [2.75, 3.05) is 13.1 Å². The van der Waals surface area contributed by atoms with Gasteiger partial charge in [-0.05, 0) is 30.7 Å². The third-order valence-corrected chi connectivity index (χ3v) is 4.84. The summed E-state index contributed by atoms with van der Waals surface area (Å²) in [5, 5.41) is 5.19. The number of aromatic nitrogens is 1. The van der Waals surface area contributed by atoms with Gasteiger partial charge in [0.1, 0.15) is 11.9 Å². The predicted octanol–water partition coefficient (Wildman–Crippen LogP) is 3.09. The number of benzene rings is 1. The van der Waals surface area contributed by atoms with Gasteiger partial charge < -0.3 is 20.3 Å². The molecule has 0 radical (unpaired) electrons. The summed E-state index contributed by atoms with van der Waals surface area (Å²) in [6.07, 6.45) is 0. The highest BCUT2D eigenvalue weighted by Crippen LogP contribution is 2.27. The van der Waals surface area contributed by atoms with E-state index in [0.717, 1.165) is 6.07 Å². The number of rotatable bonds is 5. The number of urea groups is 1. The van der Waals surface area contributed by atoms with Crippen LogP contribution < -0.4 is 15.4 Å². The molecule has 11 heteroatoms. The molecule has 1 aliphatic rings. The summed E-state index contributed by atoms with van der Waals surface area (Å²) in [4.78, 5) is 30.1. The zero-order valence-corrected chi connectivity index (χ0v) is 16.5. The van der Waals surface area contributed by atoms with Crippen LogP contribution >= 0.6 is 11.6 Å². The lowest BCUT2D eigenvalue weighted by molar-refractivity contribution is -0.126. The van der Waals surface area contributed by atoms with E-state index in [1.807, 2.05) is 0 Å². The van der Waals surface area contributed by atoms with Crippen LogP contribution in [0.3, 0.4) is 0 Å². The quantitative estimate of drug-likeness (QED) is 0.745. The van der Waals surface area contributed by atoms with Crippen LogP contribution in [-0.4, -0.2) is 47.6 Å². The first-order valence-corrected chi connectivity index (χ1v) is 9.35. The second-order valence-electron chi connectivity index (χ2n) is 6.50. The minimum absolute atomic E-state index is 0.165. The fourth-order valence-corrected chi connectivity index (χ4v) is 3.22. The Kier molecular flexibility index (Phi) is 6.66. The van der Waals surface area contributed by atoms with Gasteiger partial charge in [0.05, 0.1) is 16.8 Å². The normalized spacial score (nSPS) is 17.5. The average Bonchev–Trinajstić information content (AvgIpc) is 2.70. The third-order valence-electron chi connectivity index (χ3n) is 4.56. The summed E-state index contributed by atoms with van der Waals surface area (Å²) in [6.45, 7) is -0.932. The lowest BCUT2D eigenvalue weighted by atomic mass is 10.0. The van der Waals surface area contributed by atoms with Gasteiger partial charge in [0.15, 0.2) is 0 Å². The molecule has 30 heavy (non-hydrogen) atoms. The fourth-order valence-electron chi connectivity index (χ4n) is 3.03. The Morgan fingerprint density at radius 1 is 1.37 bits per heavy atom. The molecule has 2 N–H and O–H groups in total. The molecule has 1 aromatic heterocycles. The Balaban J connectivity index is 1.94. The SMILES string of the molecule is C[C@@H]1C(=O)NCCN1C(=O)N[C@H](c1ccc(F)c(Cl)c1)c1cccc(OC(F)F)n1. The van der Waals surface area contributed by atoms with Gasteiger partial charge in [-0.3, -0.25) is 4.79 Å². The topological polar surface area (TPSA) is 83.6 Å². The maximum Gasteiger partial charge on any atom is 0.388 e. The van der Waals surface area contributed by atoms with Gasteiger partial charge in [-0.15, -0.1) is 0 Å². The van der Waals surface area contributed by atoms with Gasteiger partial charge >= 0.3 is 12.6 Å². The van der Waals surface area contributed by atoms with Crippen LogP contribution in [0.4, 0.5) is 18.0 Å². The first-order valence-electron chi connectivity index (χ1n) is 8.98. The minimum atomic E-state index is -3.08. The minimum Gasteiger partial charge on any atom is -0.417 e. The zero-order chi connectivity index (χ0) is 21.8. The number of carbonyl (C=O) groups excluding carboxylic acids is 2. The Bertz CT molecular complexity index is 947. The monoisotopic (exact) mass is 442 g/mol. The first-order chi connectivity index (χ1) is 14.3. The molecule has 7 nitrogen and oxygen atoms in total. The van der Waals surface area contributed by atoms with Gasteiger partial charge in [0, 0.05) is 19.2 Å². The Labute approximate surface area is 175 Å². The molecule has 0 bridgehead atoms. The van der Waals surface area contributed by atoms with Crippen molar-refractivity contribution >= 4 is 23.5 Å². The largest absolute Gasteiger partial charge is 0.417 e. The third kappa shape index (κ3) is 4.93. The van der Waals surface area contributed by atoms with Crippen LogP contribution in [0.15, 0.2) is 36.4 Å². The molecule has 0 spiro atoms. The molecule has 0 aliphatic carbocycles. The summed E-state index contributed by atoms with van der Waals surface area (Å²) < 4.78 is 43.1. The van der Waals surface area contributed by atoms with Gasteiger partial charge in [-0.25, -0.2) is 14.2 Å². The Hall–Kier alpha value is -3.01. The number of ether oxygens (including phenoxy) is 1. The molecule has 3 rings (SSSR count). The molecular formula is C19H18ClF3N4O3. The van der Waals surface area contributed by atoms with E-state index < -0.39 is 30.5 Å². The van der Waals surface area contributed by atoms with Gasteiger partial charge in [-0.2, -0.15) is 8.78 Å². The van der Waals surface area contributed by atoms with Crippen LogP contribution in [0.25, 0.3) is 0 Å². The number of carbonyl (C=O) groups is 2. The Morgan fingerprint density at radius 2 is 2.13 bits per heavy atom. The number of halogens is 4. The molecule has 2 atom stereocenters. The molecule has 1 fully saturated rings. The van der Waals surface area contributed by atoms with Gasteiger partial charge in [0.2, 0.25) is 11.8 Å². The molecule has 0 saturated carbocycles. The molecule has 2 heterocycles. The fraction of sp³-hybridized carbons (Fsp3) is 0.316. The number of nitrogens with one attached hydrogen (secondary N) is 2. The van der Waals surface area contributed by atoms with Crippen molar-refractivity contribution in [2.45, 2.75) is 25.6 Å². The summed E-state index contributed by atoms with van der Waals surface area (Å²) in [6, 6.07) is 5.72. The van der Waals surface area contributed by atoms with Crippen molar-refractivity contribution in [1.82, 2.24) is 20.5 Å². The number of nitrogens with zero attached hydrogens (tertiary/aromatic N) is 2. The first kappa shape index (κ1) is 21.7. The molecule has 3 amide bonds. The Morgan fingerprint density at radius 3 is 2.83 bits per heavy atom. The van der Waals surface area contributed by atoms with Crippen LogP contribution in [-0.2, 0) is 4.79 Å². The maximum atomic E-state index is 13.6. The number of alkyl halides is 2. The summed E-state index contributed by atoms with van der Waals surface area (Å²) in [5.41, 5.74) is 0.531. The molecule has 0 unspecified atom stereocenters. The van der Waals surface area contributed by atoms with Crippen LogP contribution in [0.2, 0.25) is 5.02 Å². The summed E-state index contributed by atoms with van der Waals surface area (Å²) in [5.74, 6) is -1.31. The molecule has 160 valence electrons. The van der Waals surface area contributed by atoms with E-state index in [9.17, 15) is 22.8 Å². The molecular weight excluding hydrogens is 425 g/mol. The highest BCUT2D eigenvalue weighted by Gasteiger charge is 2.31. The number of piperazine rings is 1. The maximum absolute atomic E-state index is 13.6. The number of hydrogen-bond acceptors (Lipinski definition) is 4. The smallest absolute Gasteiger partial charge is 0.388 e. The number of hydrogen-bond donors (Lipinski definition) is 2. The van der Waals surface area contributed by atoms with Crippen molar-refractivity contribution in [3.8, 4) is 5.88 Å². The van der Waals surface area contributed by atoms with E-state index in [1.165, 1.54) is 35.2 Å². The molecule has 1 saturated heterocycles. The lowest BCUT2D eigenvalue weighted by Gasteiger charge is -2.34. The standard InChI is InChI=1S/C19H18ClF3N4O3/c1-10-17(28)24-7-8-27(10)19(29)26-16(11-5-6-13(21)12(20)9-11)14-3-2-4-15(25-14)30-18(22)23/h2-6,9-10,16,18H,7-8H2,1H3,(H,24,28)(H,26,29)/t10-,16-/m1/s1. The van der Waals surface area contributed by atoms with Crippen molar-refractivity contribution in [3.05, 3.63) is 58.5 Å². The van der Waals surface area contributed by atoms with Crippen LogP contribution in [0.1, 0.15) is 24.2 Å². The van der Waals surface area contributed by atoms with E-state index in [-0.39, 0.29) is 29.0 Å². The van der Waals surface area contributed by atoms with Crippen molar-refractivity contribution in [2.24, 2.45) is 0 Å². The predicted molar refractivity (Wildman–Crippen MR) is 102 cm³/mol. The second kappa shape index (κ2) is 9.21. The average molecular weight is 443 g/mol. The summed E-state index contributed by atoms with van der Waals surface area (Å²) >= 11 is 5.88. The van der Waals surface area contributed by atoms with Gasteiger partial charge in [-0.1, -0.05) is 23.7 Å². The van der Waals surface area contributed by atoms with Crippen LogP contribution in [0, 0.1) is 5.82 Å². The van der Waals surface area contributed by atoms with Crippen molar-refractivity contribution in [3.63, 3.8) is 0 Å². The highest BCUT2D eigenvalue weighted by atomic mass is 35.5. The molecule has 2 aromatic rings. The lowest BCUT2D eigenvalue weighted by Crippen LogP contribution is -2.58.